The zero-order chi connectivity index (χ0) is 17.8. The molecule has 0 aromatic heterocycles. The van der Waals surface area contributed by atoms with Crippen LogP contribution in [-0.2, 0) is 0 Å². The molecule has 0 aliphatic carbocycles. The number of allylic oxidation sites excluding steroid dienone is 1. The Bertz CT molecular complexity index is 816. The number of nitrogens with one attached hydrogen (secondary N) is 3. The molecule has 6 heteroatoms. The van der Waals surface area contributed by atoms with Gasteiger partial charge in [-0.2, -0.15) is 0 Å². The van der Waals surface area contributed by atoms with Crippen LogP contribution >= 0.6 is 12.2 Å². The van der Waals surface area contributed by atoms with Gasteiger partial charge in [0.05, 0.1) is 13.2 Å². The van der Waals surface area contributed by atoms with Crippen LogP contribution in [-0.4, -0.2) is 18.1 Å². The molecular formula is C19H19N3O2S. The minimum atomic E-state index is -0.298. The van der Waals surface area contributed by atoms with Gasteiger partial charge in [-0.05, 0) is 36.8 Å². The predicted octanol–water partition coefficient (Wildman–Crippen LogP) is 3.76. The maximum absolute atomic E-state index is 11.9. The van der Waals surface area contributed by atoms with Crippen LogP contribution in [0.25, 0.3) is 0 Å². The molecule has 5 nitrogen and oxygen atoms in total. The van der Waals surface area contributed by atoms with Gasteiger partial charge in [-0.15, -0.1) is 0 Å². The number of carbonyl (C=O) groups excluding carboxylic acids is 1. The summed E-state index contributed by atoms with van der Waals surface area (Å²) in [4.78, 5) is 12.5. The first-order chi connectivity index (χ1) is 12.1. The number of hydrogen-bond acceptors (Lipinski definition) is 3. The largest absolute Gasteiger partial charge is 0.497 e. The van der Waals surface area contributed by atoms with Gasteiger partial charge in [-0.1, -0.05) is 42.5 Å². The first kappa shape index (κ1) is 17.0. The van der Waals surface area contributed by atoms with E-state index in [0.29, 0.717) is 4.99 Å². The van der Waals surface area contributed by atoms with Crippen LogP contribution in [0, 0.1) is 0 Å². The Labute approximate surface area is 152 Å². The lowest BCUT2D eigenvalue weighted by molar-refractivity contribution is 0.239. The van der Waals surface area contributed by atoms with E-state index in [9.17, 15) is 4.79 Å². The summed E-state index contributed by atoms with van der Waals surface area (Å²) in [5.74, 6) is 0.778. The molecule has 2 aromatic rings. The van der Waals surface area contributed by atoms with E-state index in [1.807, 2.05) is 61.5 Å². The van der Waals surface area contributed by atoms with E-state index < -0.39 is 0 Å². The summed E-state index contributed by atoms with van der Waals surface area (Å²) in [5.41, 5.74) is 3.42. The highest BCUT2D eigenvalue weighted by Gasteiger charge is 2.29. The summed E-state index contributed by atoms with van der Waals surface area (Å²) in [7, 11) is 1.63. The lowest BCUT2D eigenvalue weighted by atomic mass is 9.95. The fourth-order valence-electron chi connectivity index (χ4n) is 2.76. The Morgan fingerprint density at radius 1 is 1.12 bits per heavy atom. The maximum Gasteiger partial charge on any atom is 0.319 e. The van der Waals surface area contributed by atoms with E-state index in [1.165, 1.54) is 0 Å². The molecule has 3 rings (SSSR count). The van der Waals surface area contributed by atoms with Gasteiger partial charge >= 0.3 is 6.03 Å². The van der Waals surface area contributed by atoms with Crippen LogP contribution < -0.4 is 20.7 Å². The van der Waals surface area contributed by atoms with Gasteiger partial charge in [0.25, 0.3) is 0 Å². The molecule has 1 aliphatic heterocycles. The van der Waals surface area contributed by atoms with E-state index in [-0.39, 0.29) is 12.1 Å². The molecule has 0 saturated carbocycles. The summed E-state index contributed by atoms with van der Waals surface area (Å²) in [6.45, 7) is 1.85. The van der Waals surface area contributed by atoms with Crippen LogP contribution in [0.4, 0.5) is 10.5 Å². The van der Waals surface area contributed by atoms with Crippen molar-refractivity contribution in [1.29, 1.82) is 0 Å². The first-order valence-corrected chi connectivity index (χ1v) is 8.28. The van der Waals surface area contributed by atoms with E-state index in [2.05, 4.69) is 16.0 Å². The van der Waals surface area contributed by atoms with E-state index >= 15 is 0 Å². The normalized spacial score (nSPS) is 16.7. The van der Waals surface area contributed by atoms with Crippen molar-refractivity contribution in [1.82, 2.24) is 10.6 Å². The highest BCUT2D eigenvalue weighted by molar-refractivity contribution is 7.81. The molecule has 2 aromatic carbocycles. The summed E-state index contributed by atoms with van der Waals surface area (Å²) < 4.78 is 5.17. The number of methoxy groups -OCH3 is 1. The van der Waals surface area contributed by atoms with Crippen molar-refractivity contribution < 1.29 is 9.53 Å². The number of ether oxygens (including phenoxy) is 1. The number of urea groups is 1. The van der Waals surface area contributed by atoms with Crippen molar-refractivity contribution in [3.05, 3.63) is 71.4 Å². The Kier molecular flexibility index (Phi) is 5.00. The fourth-order valence-corrected chi connectivity index (χ4v) is 3.15. The minimum Gasteiger partial charge on any atom is -0.497 e. The number of hydrogen-bond donors (Lipinski definition) is 3. The van der Waals surface area contributed by atoms with Gasteiger partial charge in [0.2, 0.25) is 0 Å². The van der Waals surface area contributed by atoms with Crippen molar-refractivity contribution >= 4 is 28.9 Å². The topological polar surface area (TPSA) is 62.4 Å². The van der Waals surface area contributed by atoms with Crippen LogP contribution in [0.2, 0.25) is 0 Å². The van der Waals surface area contributed by atoms with Crippen molar-refractivity contribution in [2.45, 2.75) is 13.0 Å². The second kappa shape index (κ2) is 7.36. The zero-order valence-electron chi connectivity index (χ0n) is 14.0. The number of anilines is 1. The number of benzene rings is 2. The Morgan fingerprint density at radius 3 is 2.44 bits per heavy atom. The predicted molar refractivity (Wildman–Crippen MR) is 103 cm³/mol. The highest BCUT2D eigenvalue weighted by Crippen LogP contribution is 2.28. The molecule has 0 fully saturated rings. The molecule has 0 unspecified atom stereocenters. The summed E-state index contributed by atoms with van der Waals surface area (Å²) >= 11 is 5.62. The minimum absolute atomic E-state index is 0.234. The van der Waals surface area contributed by atoms with Gasteiger partial charge in [0.1, 0.15) is 10.7 Å². The molecule has 1 aliphatic rings. The second-order valence-corrected chi connectivity index (χ2v) is 6.07. The maximum atomic E-state index is 11.9. The lowest BCUT2D eigenvalue weighted by Gasteiger charge is -2.30. The number of rotatable bonds is 4. The van der Waals surface area contributed by atoms with Gasteiger partial charge in [-0.3, -0.25) is 0 Å². The quantitative estimate of drug-likeness (QED) is 0.733. The molecule has 0 bridgehead atoms. The molecule has 0 saturated heterocycles. The summed E-state index contributed by atoms with van der Waals surface area (Å²) in [6.07, 6.45) is 0. The molecular weight excluding hydrogens is 334 g/mol. The fraction of sp³-hybridized carbons (Fsp3) is 0.158. The summed E-state index contributed by atoms with van der Waals surface area (Å²) in [6, 6.07) is 16.8. The van der Waals surface area contributed by atoms with Gasteiger partial charge in [0, 0.05) is 17.0 Å². The molecule has 1 heterocycles. The van der Waals surface area contributed by atoms with Crippen LogP contribution in [0.15, 0.2) is 65.9 Å². The zero-order valence-corrected chi connectivity index (χ0v) is 14.8. The average Bonchev–Trinajstić information content (AvgIpc) is 2.62. The molecule has 0 spiro atoms. The Balaban J connectivity index is 1.89. The van der Waals surface area contributed by atoms with Crippen LogP contribution in [0.1, 0.15) is 18.5 Å². The highest BCUT2D eigenvalue weighted by atomic mass is 32.1. The molecule has 2 amide bonds. The first-order valence-electron chi connectivity index (χ1n) is 7.87. The number of amides is 2. The molecule has 128 valence electrons. The molecule has 0 radical (unpaired) electrons. The van der Waals surface area contributed by atoms with Crippen molar-refractivity contribution in [2.75, 3.05) is 12.4 Å². The summed E-state index contributed by atoms with van der Waals surface area (Å²) in [5, 5.41) is 8.97. The molecule has 25 heavy (non-hydrogen) atoms. The van der Waals surface area contributed by atoms with E-state index in [0.717, 1.165) is 28.3 Å². The van der Waals surface area contributed by atoms with Crippen LogP contribution in [0.5, 0.6) is 5.75 Å². The standard InChI is InChI=1S/C19H19N3O2S/c1-12-16(18(25)21-14-8-10-15(24-2)11-9-14)17(22-19(23)20-12)13-6-4-3-5-7-13/h3-11,17H,1-2H3,(H,21,25)(H2,20,22,23)/t17-/m1/s1. The molecule has 3 N–H and O–H groups in total. The third kappa shape index (κ3) is 3.80. The van der Waals surface area contributed by atoms with Crippen molar-refractivity contribution in [3.63, 3.8) is 0 Å². The second-order valence-electron chi connectivity index (χ2n) is 5.66. The average molecular weight is 353 g/mol. The smallest absolute Gasteiger partial charge is 0.319 e. The van der Waals surface area contributed by atoms with Crippen molar-refractivity contribution in [3.8, 4) is 5.75 Å². The van der Waals surface area contributed by atoms with Gasteiger partial charge < -0.3 is 20.7 Å². The van der Waals surface area contributed by atoms with E-state index in [4.69, 9.17) is 17.0 Å². The monoisotopic (exact) mass is 353 g/mol. The third-order valence-corrected chi connectivity index (χ3v) is 4.32. The lowest BCUT2D eigenvalue weighted by Crippen LogP contribution is -2.45. The third-order valence-electron chi connectivity index (χ3n) is 3.99. The Morgan fingerprint density at radius 2 is 1.80 bits per heavy atom. The van der Waals surface area contributed by atoms with Gasteiger partial charge in [0.15, 0.2) is 0 Å². The SMILES string of the molecule is COc1ccc(NC(=S)C2=C(C)NC(=O)N[C@@H]2c2ccccc2)cc1. The van der Waals surface area contributed by atoms with Crippen molar-refractivity contribution in [2.24, 2.45) is 0 Å². The van der Waals surface area contributed by atoms with Crippen LogP contribution in [0.3, 0.4) is 0 Å². The Hall–Kier alpha value is -2.86. The molecule has 1 atom stereocenters. The van der Waals surface area contributed by atoms with Gasteiger partial charge in [-0.25, -0.2) is 4.79 Å². The number of thiocarbonyl (C=S) groups is 1. The number of carbonyl (C=O) groups is 1. The van der Waals surface area contributed by atoms with E-state index in [1.54, 1.807) is 7.11 Å².